The molecule has 0 aliphatic rings. The minimum atomic E-state index is -0.0861. The van der Waals surface area contributed by atoms with Crippen molar-refractivity contribution in [2.75, 3.05) is 11.1 Å². The van der Waals surface area contributed by atoms with Crippen molar-refractivity contribution < 1.29 is 9.59 Å². The summed E-state index contributed by atoms with van der Waals surface area (Å²) < 4.78 is 0. The summed E-state index contributed by atoms with van der Waals surface area (Å²) in [6.07, 6.45) is 0. The van der Waals surface area contributed by atoms with E-state index in [-0.39, 0.29) is 11.7 Å². The van der Waals surface area contributed by atoms with Gasteiger partial charge in [0.05, 0.1) is 16.8 Å². The van der Waals surface area contributed by atoms with E-state index in [9.17, 15) is 9.59 Å². The van der Waals surface area contributed by atoms with E-state index in [0.29, 0.717) is 33.4 Å². The number of hydrogen-bond donors (Lipinski definition) is 2. The number of imidazole rings is 1. The molecule has 35 heavy (non-hydrogen) atoms. The number of ketones is 1. The first-order valence-corrected chi connectivity index (χ1v) is 12.3. The lowest BCUT2D eigenvalue weighted by Crippen LogP contribution is -2.13. The SMILES string of the molecule is O=C(CSc1ccc(Cl)cc1)Nc1ccc(-c2nc3ccc(C(=O)c4ccccc4)cc3[nH]2)cc1. The molecule has 0 aliphatic carbocycles. The highest BCUT2D eigenvalue weighted by Gasteiger charge is 2.12. The molecule has 0 fully saturated rings. The van der Waals surface area contributed by atoms with Crippen LogP contribution in [0, 0.1) is 0 Å². The third kappa shape index (κ3) is 5.45. The number of aromatic amines is 1. The fraction of sp³-hybridized carbons (Fsp3) is 0.0357. The van der Waals surface area contributed by atoms with Crippen molar-refractivity contribution in [3.05, 3.63) is 113 Å². The Bertz CT molecular complexity index is 1500. The van der Waals surface area contributed by atoms with E-state index >= 15 is 0 Å². The van der Waals surface area contributed by atoms with Crippen LogP contribution in [-0.4, -0.2) is 27.4 Å². The summed E-state index contributed by atoms with van der Waals surface area (Å²) in [7, 11) is 0. The van der Waals surface area contributed by atoms with Gasteiger partial charge in [-0.25, -0.2) is 4.98 Å². The monoisotopic (exact) mass is 497 g/mol. The Hall–Kier alpha value is -3.87. The summed E-state index contributed by atoms with van der Waals surface area (Å²) in [5.41, 5.74) is 4.41. The van der Waals surface area contributed by atoms with Crippen molar-refractivity contribution in [2.45, 2.75) is 4.90 Å². The average Bonchev–Trinajstić information content (AvgIpc) is 3.32. The van der Waals surface area contributed by atoms with Crippen LogP contribution in [0.1, 0.15) is 15.9 Å². The van der Waals surface area contributed by atoms with Gasteiger partial charge in [-0.15, -0.1) is 11.8 Å². The molecule has 1 aromatic heterocycles. The third-order valence-corrected chi connectivity index (χ3v) is 6.67. The molecule has 4 aromatic carbocycles. The summed E-state index contributed by atoms with van der Waals surface area (Å²) in [6, 6.07) is 29.6. The predicted octanol–water partition coefficient (Wildman–Crippen LogP) is 6.85. The van der Waals surface area contributed by atoms with Crippen LogP contribution in [0.2, 0.25) is 5.02 Å². The van der Waals surface area contributed by atoms with Crippen LogP contribution in [0.3, 0.4) is 0 Å². The molecule has 5 nitrogen and oxygen atoms in total. The number of thioether (sulfide) groups is 1. The molecule has 0 atom stereocenters. The van der Waals surface area contributed by atoms with Gasteiger partial charge in [0.2, 0.25) is 5.91 Å². The Labute approximate surface area is 211 Å². The van der Waals surface area contributed by atoms with E-state index in [2.05, 4.69) is 15.3 Å². The van der Waals surface area contributed by atoms with Gasteiger partial charge in [0.1, 0.15) is 5.82 Å². The molecule has 1 amide bonds. The Morgan fingerprint density at radius 2 is 1.60 bits per heavy atom. The fourth-order valence-corrected chi connectivity index (χ4v) is 4.46. The second kappa shape index (κ2) is 10.2. The van der Waals surface area contributed by atoms with Crippen molar-refractivity contribution in [1.29, 1.82) is 0 Å². The molecule has 7 heteroatoms. The lowest BCUT2D eigenvalue weighted by Gasteiger charge is -2.06. The molecular formula is C28H20ClN3O2S. The molecule has 2 N–H and O–H groups in total. The zero-order chi connectivity index (χ0) is 24.2. The zero-order valence-electron chi connectivity index (χ0n) is 18.5. The highest BCUT2D eigenvalue weighted by atomic mass is 35.5. The van der Waals surface area contributed by atoms with Crippen LogP contribution in [0.4, 0.5) is 5.69 Å². The molecule has 0 bridgehead atoms. The number of carbonyl (C=O) groups excluding carboxylic acids is 2. The average molecular weight is 498 g/mol. The third-order valence-electron chi connectivity index (χ3n) is 5.41. The Morgan fingerprint density at radius 3 is 2.34 bits per heavy atom. The summed E-state index contributed by atoms with van der Waals surface area (Å²) in [5.74, 6) is 0.882. The van der Waals surface area contributed by atoms with E-state index in [4.69, 9.17) is 11.6 Å². The molecule has 0 saturated carbocycles. The zero-order valence-corrected chi connectivity index (χ0v) is 20.1. The fourth-order valence-electron chi connectivity index (χ4n) is 3.63. The first kappa shape index (κ1) is 22.9. The minimum absolute atomic E-state index is 0.0297. The van der Waals surface area contributed by atoms with Gasteiger partial charge in [-0.2, -0.15) is 0 Å². The maximum absolute atomic E-state index is 12.8. The van der Waals surface area contributed by atoms with Gasteiger partial charge in [-0.1, -0.05) is 41.9 Å². The second-order valence-electron chi connectivity index (χ2n) is 7.88. The van der Waals surface area contributed by atoms with Crippen LogP contribution >= 0.6 is 23.4 Å². The van der Waals surface area contributed by atoms with Crippen molar-refractivity contribution in [3.63, 3.8) is 0 Å². The molecular weight excluding hydrogens is 478 g/mol. The summed E-state index contributed by atoms with van der Waals surface area (Å²) in [5, 5.41) is 3.58. The number of nitrogens with one attached hydrogen (secondary N) is 2. The number of rotatable bonds is 7. The molecule has 1 heterocycles. The molecule has 0 saturated heterocycles. The smallest absolute Gasteiger partial charge is 0.234 e. The number of fused-ring (bicyclic) bond motifs is 1. The van der Waals surface area contributed by atoms with Crippen molar-refractivity contribution in [3.8, 4) is 11.4 Å². The second-order valence-corrected chi connectivity index (χ2v) is 9.37. The Balaban J connectivity index is 1.25. The Morgan fingerprint density at radius 1 is 0.857 bits per heavy atom. The number of H-pyrrole nitrogens is 1. The first-order valence-electron chi connectivity index (χ1n) is 10.9. The van der Waals surface area contributed by atoms with Gasteiger partial charge in [-0.3, -0.25) is 9.59 Å². The number of nitrogens with zero attached hydrogens (tertiary/aromatic N) is 1. The summed E-state index contributed by atoms with van der Waals surface area (Å²) in [4.78, 5) is 34.0. The lowest BCUT2D eigenvalue weighted by molar-refractivity contribution is -0.113. The van der Waals surface area contributed by atoms with E-state index < -0.39 is 0 Å². The van der Waals surface area contributed by atoms with E-state index in [1.165, 1.54) is 11.8 Å². The topological polar surface area (TPSA) is 74.8 Å². The molecule has 0 unspecified atom stereocenters. The van der Waals surface area contributed by atoms with E-state index in [0.717, 1.165) is 21.5 Å². The molecule has 172 valence electrons. The number of anilines is 1. The largest absolute Gasteiger partial charge is 0.338 e. The van der Waals surface area contributed by atoms with Crippen LogP contribution < -0.4 is 5.32 Å². The number of amides is 1. The normalized spacial score (nSPS) is 10.9. The van der Waals surface area contributed by atoms with Crippen LogP contribution in [0.15, 0.2) is 102 Å². The molecule has 0 radical (unpaired) electrons. The molecule has 0 aliphatic heterocycles. The minimum Gasteiger partial charge on any atom is -0.338 e. The number of carbonyl (C=O) groups is 2. The quantitative estimate of drug-likeness (QED) is 0.190. The summed E-state index contributed by atoms with van der Waals surface area (Å²) >= 11 is 7.35. The van der Waals surface area contributed by atoms with Gasteiger partial charge < -0.3 is 10.3 Å². The molecule has 0 spiro atoms. The van der Waals surface area contributed by atoms with Crippen molar-refractivity contribution >= 4 is 51.8 Å². The number of aromatic nitrogens is 2. The lowest BCUT2D eigenvalue weighted by atomic mass is 10.0. The highest BCUT2D eigenvalue weighted by Crippen LogP contribution is 2.24. The van der Waals surface area contributed by atoms with Gasteiger partial charge in [0.15, 0.2) is 5.78 Å². The Kier molecular flexibility index (Phi) is 6.66. The van der Waals surface area contributed by atoms with E-state index in [1.54, 1.807) is 18.2 Å². The van der Waals surface area contributed by atoms with Crippen LogP contribution in [0.25, 0.3) is 22.4 Å². The van der Waals surface area contributed by atoms with Crippen molar-refractivity contribution in [1.82, 2.24) is 9.97 Å². The molecule has 5 aromatic rings. The van der Waals surface area contributed by atoms with E-state index in [1.807, 2.05) is 78.9 Å². The maximum Gasteiger partial charge on any atom is 0.234 e. The van der Waals surface area contributed by atoms with Crippen molar-refractivity contribution in [2.24, 2.45) is 0 Å². The number of benzene rings is 4. The van der Waals surface area contributed by atoms with Gasteiger partial charge in [-0.05, 0) is 66.7 Å². The summed E-state index contributed by atoms with van der Waals surface area (Å²) in [6.45, 7) is 0. The number of hydrogen-bond acceptors (Lipinski definition) is 4. The standard InChI is InChI=1S/C28H20ClN3O2S/c29-21-9-13-23(14-10-21)35-17-26(33)30-22-11-6-19(7-12-22)28-31-24-15-8-20(16-25(24)32-28)27(34)18-4-2-1-3-5-18/h1-16H,17H2,(H,30,33)(H,31,32). The van der Waals surface area contributed by atoms with Crippen LogP contribution in [-0.2, 0) is 4.79 Å². The van der Waals surface area contributed by atoms with Crippen LogP contribution in [0.5, 0.6) is 0 Å². The molecule has 5 rings (SSSR count). The van der Waals surface area contributed by atoms with Gasteiger partial charge in [0.25, 0.3) is 0 Å². The first-order chi connectivity index (χ1) is 17.0. The number of halogens is 1. The van der Waals surface area contributed by atoms with Gasteiger partial charge in [0, 0.05) is 32.3 Å². The maximum atomic E-state index is 12.8. The highest BCUT2D eigenvalue weighted by molar-refractivity contribution is 8.00. The van der Waals surface area contributed by atoms with Gasteiger partial charge >= 0.3 is 0 Å². The predicted molar refractivity (Wildman–Crippen MR) is 142 cm³/mol.